The Hall–Kier alpha value is -0.700. The van der Waals surface area contributed by atoms with Crippen LogP contribution < -0.4 is 4.87 Å². The van der Waals surface area contributed by atoms with Gasteiger partial charge in [-0.15, -0.1) is 0 Å². The predicted octanol–water partition coefficient (Wildman–Crippen LogP) is 0.604. The van der Waals surface area contributed by atoms with Gasteiger partial charge in [0.1, 0.15) is 0 Å². The van der Waals surface area contributed by atoms with E-state index >= 15 is 0 Å². The van der Waals surface area contributed by atoms with Crippen LogP contribution in [0.2, 0.25) is 0 Å². The number of thiazole rings is 1. The quantitative estimate of drug-likeness (QED) is 0.867. The molecule has 0 saturated carbocycles. The molecule has 3 rings (SSSR count). The highest BCUT2D eigenvalue weighted by Gasteiger charge is 2.35. The first kappa shape index (κ1) is 14.2. The molecule has 1 N–H and O–H groups in total. The summed E-state index contributed by atoms with van der Waals surface area (Å²) in [6, 6.07) is 0.336. The van der Waals surface area contributed by atoms with Crippen molar-refractivity contribution in [2.45, 2.75) is 36.4 Å². The number of aromatic amines is 1. The second kappa shape index (κ2) is 5.25. The number of aromatic nitrogens is 1. The standard InChI is InChI=1S/C12H19N3O3S2/c1-9-11(19-12(16)13-9)20(17,18)15-7-3-6-14-5-2-4-10(14)8-15/h10H,2-8H2,1H3,(H,13,16). The van der Waals surface area contributed by atoms with Gasteiger partial charge in [0, 0.05) is 24.8 Å². The van der Waals surface area contributed by atoms with Gasteiger partial charge in [-0.2, -0.15) is 4.31 Å². The molecule has 0 radical (unpaired) electrons. The lowest BCUT2D eigenvalue weighted by molar-refractivity contribution is 0.257. The topological polar surface area (TPSA) is 73.5 Å². The minimum atomic E-state index is -3.54. The Labute approximate surface area is 122 Å². The normalized spacial score (nSPS) is 25.6. The van der Waals surface area contributed by atoms with Crippen molar-refractivity contribution < 1.29 is 8.42 Å². The zero-order valence-corrected chi connectivity index (χ0v) is 13.1. The molecule has 2 aliphatic rings. The van der Waals surface area contributed by atoms with E-state index in [0.29, 0.717) is 24.8 Å². The summed E-state index contributed by atoms with van der Waals surface area (Å²) in [5.41, 5.74) is 0.451. The van der Waals surface area contributed by atoms with E-state index in [-0.39, 0.29) is 9.08 Å². The molecule has 1 unspecified atom stereocenters. The number of rotatable bonds is 2. The van der Waals surface area contributed by atoms with Crippen molar-refractivity contribution in [1.29, 1.82) is 0 Å². The smallest absolute Gasteiger partial charge is 0.305 e. The van der Waals surface area contributed by atoms with Crippen LogP contribution in [0.15, 0.2) is 9.00 Å². The molecule has 0 aromatic carbocycles. The highest BCUT2D eigenvalue weighted by Crippen LogP contribution is 2.27. The van der Waals surface area contributed by atoms with Gasteiger partial charge in [-0.25, -0.2) is 8.42 Å². The zero-order chi connectivity index (χ0) is 14.3. The average molecular weight is 317 g/mol. The third-order valence-electron chi connectivity index (χ3n) is 4.12. The van der Waals surface area contributed by atoms with Crippen LogP contribution in [0.25, 0.3) is 0 Å². The Morgan fingerprint density at radius 2 is 2.00 bits per heavy atom. The molecule has 0 aliphatic carbocycles. The summed E-state index contributed by atoms with van der Waals surface area (Å²) in [6.45, 7) is 4.79. The molecule has 2 aliphatic heterocycles. The van der Waals surface area contributed by atoms with Gasteiger partial charge in [-0.1, -0.05) is 11.3 Å². The summed E-state index contributed by atoms with van der Waals surface area (Å²) < 4.78 is 27.2. The van der Waals surface area contributed by atoms with Crippen LogP contribution in [0.3, 0.4) is 0 Å². The van der Waals surface area contributed by atoms with Crippen molar-refractivity contribution in [3.8, 4) is 0 Å². The van der Waals surface area contributed by atoms with Gasteiger partial charge in [-0.3, -0.25) is 9.69 Å². The Kier molecular flexibility index (Phi) is 3.74. The van der Waals surface area contributed by atoms with Crippen molar-refractivity contribution in [3.05, 3.63) is 15.4 Å². The molecule has 0 bridgehead atoms. The summed E-state index contributed by atoms with van der Waals surface area (Å²) in [6.07, 6.45) is 3.07. The first-order chi connectivity index (χ1) is 9.48. The fourth-order valence-electron chi connectivity index (χ4n) is 3.14. The third kappa shape index (κ3) is 2.45. The number of fused-ring (bicyclic) bond motifs is 1. The van der Waals surface area contributed by atoms with Crippen molar-refractivity contribution in [2.75, 3.05) is 26.2 Å². The average Bonchev–Trinajstić information content (AvgIpc) is 2.90. The minimum Gasteiger partial charge on any atom is -0.315 e. The van der Waals surface area contributed by atoms with E-state index in [1.54, 1.807) is 11.2 Å². The summed E-state index contributed by atoms with van der Waals surface area (Å²) in [4.78, 5) is 16.0. The maximum atomic E-state index is 12.7. The number of nitrogens with zero attached hydrogens (tertiary/aromatic N) is 2. The van der Waals surface area contributed by atoms with E-state index in [4.69, 9.17) is 0 Å². The van der Waals surface area contributed by atoms with E-state index in [1.165, 1.54) is 0 Å². The Balaban J connectivity index is 1.90. The second-order valence-electron chi connectivity index (χ2n) is 5.48. The maximum Gasteiger partial charge on any atom is 0.305 e. The van der Waals surface area contributed by atoms with Gasteiger partial charge in [-0.05, 0) is 39.3 Å². The van der Waals surface area contributed by atoms with E-state index in [2.05, 4.69) is 9.88 Å². The molecule has 20 heavy (non-hydrogen) atoms. The molecule has 3 heterocycles. The van der Waals surface area contributed by atoms with Crippen molar-refractivity contribution in [2.24, 2.45) is 0 Å². The summed E-state index contributed by atoms with van der Waals surface area (Å²) >= 11 is 0.793. The molecule has 1 atom stereocenters. The zero-order valence-electron chi connectivity index (χ0n) is 11.5. The highest BCUT2D eigenvalue weighted by molar-refractivity contribution is 7.91. The lowest BCUT2D eigenvalue weighted by atomic mass is 10.2. The van der Waals surface area contributed by atoms with E-state index in [1.807, 2.05) is 0 Å². The van der Waals surface area contributed by atoms with Gasteiger partial charge >= 0.3 is 4.87 Å². The van der Waals surface area contributed by atoms with Gasteiger partial charge in [0.2, 0.25) is 0 Å². The molecule has 1 aromatic heterocycles. The predicted molar refractivity (Wildman–Crippen MR) is 77.6 cm³/mol. The molecule has 1 aromatic rings. The van der Waals surface area contributed by atoms with Crippen LogP contribution in [-0.4, -0.2) is 54.8 Å². The van der Waals surface area contributed by atoms with Crippen LogP contribution in [0.1, 0.15) is 25.0 Å². The lowest BCUT2D eigenvalue weighted by Gasteiger charge is -2.24. The fourth-order valence-corrected chi connectivity index (χ4v) is 6.10. The summed E-state index contributed by atoms with van der Waals surface area (Å²) in [7, 11) is -3.54. The Bertz CT molecular complexity index is 649. The Morgan fingerprint density at radius 3 is 2.70 bits per heavy atom. The highest BCUT2D eigenvalue weighted by atomic mass is 32.2. The molecule has 8 heteroatoms. The first-order valence-corrected chi connectivity index (χ1v) is 9.18. The van der Waals surface area contributed by atoms with Gasteiger partial charge < -0.3 is 4.98 Å². The van der Waals surface area contributed by atoms with Crippen LogP contribution in [-0.2, 0) is 10.0 Å². The number of hydrogen-bond donors (Lipinski definition) is 1. The molecule has 2 saturated heterocycles. The van der Waals surface area contributed by atoms with Crippen LogP contribution in [0, 0.1) is 6.92 Å². The van der Waals surface area contributed by atoms with E-state index in [9.17, 15) is 13.2 Å². The monoisotopic (exact) mass is 317 g/mol. The molecule has 112 valence electrons. The summed E-state index contributed by atoms with van der Waals surface area (Å²) in [5, 5.41) is 0. The number of aryl methyl sites for hydroxylation is 1. The van der Waals surface area contributed by atoms with E-state index < -0.39 is 10.0 Å². The van der Waals surface area contributed by atoms with Crippen molar-refractivity contribution >= 4 is 21.4 Å². The molecule has 0 amide bonds. The number of hydrogen-bond acceptors (Lipinski definition) is 5. The maximum absolute atomic E-state index is 12.7. The molecular weight excluding hydrogens is 298 g/mol. The number of nitrogens with one attached hydrogen (secondary N) is 1. The number of sulfonamides is 1. The second-order valence-corrected chi connectivity index (χ2v) is 8.59. The van der Waals surface area contributed by atoms with Gasteiger partial charge in [0.15, 0.2) is 4.21 Å². The largest absolute Gasteiger partial charge is 0.315 e. The third-order valence-corrected chi connectivity index (χ3v) is 7.57. The van der Waals surface area contributed by atoms with Crippen molar-refractivity contribution in [3.63, 3.8) is 0 Å². The number of H-pyrrole nitrogens is 1. The van der Waals surface area contributed by atoms with Crippen LogP contribution >= 0.6 is 11.3 Å². The van der Waals surface area contributed by atoms with Crippen LogP contribution in [0.5, 0.6) is 0 Å². The van der Waals surface area contributed by atoms with Gasteiger partial charge in [0.25, 0.3) is 10.0 Å². The molecule has 6 nitrogen and oxygen atoms in total. The van der Waals surface area contributed by atoms with Gasteiger partial charge in [0.05, 0.1) is 0 Å². The lowest BCUT2D eigenvalue weighted by Crippen LogP contribution is -2.39. The minimum absolute atomic E-state index is 0.175. The molecular formula is C12H19N3O3S2. The SMILES string of the molecule is Cc1[nH]c(=O)sc1S(=O)(=O)N1CCCN2CCCC2C1. The fraction of sp³-hybridized carbons (Fsp3) is 0.750. The first-order valence-electron chi connectivity index (χ1n) is 6.92. The van der Waals surface area contributed by atoms with E-state index in [0.717, 1.165) is 43.7 Å². The van der Waals surface area contributed by atoms with Crippen LogP contribution in [0.4, 0.5) is 0 Å². The van der Waals surface area contributed by atoms with Crippen molar-refractivity contribution in [1.82, 2.24) is 14.2 Å². The molecule has 0 spiro atoms. The molecule has 2 fully saturated rings. The summed E-state index contributed by atoms with van der Waals surface area (Å²) in [5.74, 6) is 0. The Morgan fingerprint density at radius 1 is 1.25 bits per heavy atom.